The molecule has 0 bridgehead atoms. The Hall–Kier alpha value is -0.240. The van der Waals surface area contributed by atoms with E-state index in [4.69, 9.17) is 23.2 Å². The summed E-state index contributed by atoms with van der Waals surface area (Å²) in [7, 11) is 0. The third kappa shape index (κ3) is 4.38. The fourth-order valence-electron chi connectivity index (χ4n) is 3.22. The van der Waals surface area contributed by atoms with Crippen LogP contribution in [0.15, 0.2) is 18.2 Å². The van der Waals surface area contributed by atoms with Gasteiger partial charge in [0.2, 0.25) is 0 Å². The standard InChI is InChI=1S/C17H25Cl2N/c1-12(2)10-20-11-13-5-3-4-6-15(13)16-9-14(18)7-8-17(16)19/h7-9,12-13,15,20H,3-6,10-11H2,1-2H3. The molecule has 0 amide bonds. The number of hydrogen-bond acceptors (Lipinski definition) is 1. The minimum Gasteiger partial charge on any atom is -0.316 e. The maximum absolute atomic E-state index is 6.40. The molecular formula is C17H25Cl2N. The molecule has 1 saturated carbocycles. The van der Waals surface area contributed by atoms with E-state index in [0.29, 0.717) is 17.8 Å². The van der Waals surface area contributed by atoms with E-state index in [1.807, 2.05) is 12.1 Å². The van der Waals surface area contributed by atoms with Crippen molar-refractivity contribution >= 4 is 23.2 Å². The summed E-state index contributed by atoms with van der Waals surface area (Å²) in [5.41, 5.74) is 1.25. The molecule has 0 saturated heterocycles. The van der Waals surface area contributed by atoms with Gasteiger partial charge in [0, 0.05) is 10.0 Å². The van der Waals surface area contributed by atoms with Crippen LogP contribution in [0, 0.1) is 11.8 Å². The lowest BCUT2D eigenvalue weighted by Gasteiger charge is -2.33. The van der Waals surface area contributed by atoms with Crippen LogP contribution in [0.3, 0.4) is 0 Å². The minimum atomic E-state index is 0.551. The molecule has 1 aliphatic carbocycles. The molecule has 1 aromatic carbocycles. The molecule has 1 aromatic rings. The van der Waals surface area contributed by atoms with Gasteiger partial charge in [-0.2, -0.15) is 0 Å². The Kier molecular flexibility index (Phi) is 6.20. The maximum atomic E-state index is 6.40. The van der Waals surface area contributed by atoms with Gasteiger partial charge in [-0.3, -0.25) is 0 Å². The zero-order chi connectivity index (χ0) is 14.5. The number of rotatable bonds is 5. The van der Waals surface area contributed by atoms with Gasteiger partial charge in [-0.15, -0.1) is 0 Å². The van der Waals surface area contributed by atoms with Crippen LogP contribution in [0.5, 0.6) is 0 Å². The maximum Gasteiger partial charge on any atom is 0.0441 e. The highest BCUT2D eigenvalue weighted by Crippen LogP contribution is 2.41. The summed E-state index contributed by atoms with van der Waals surface area (Å²) in [6.07, 6.45) is 5.16. The zero-order valence-electron chi connectivity index (χ0n) is 12.5. The topological polar surface area (TPSA) is 12.0 Å². The molecule has 2 unspecified atom stereocenters. The van der Waals surface area contributed by atoms with E-state index in [2.05, 4.69) is 25.2 Å². The highest BCUT2D eigenvalue weighted by Gasteiger charge is 2.27. The van der Waals surface area contributed by atoms with E-state index in [0.717, 1.165) is 23.1 Å². The second kappa shape index (κ2) is 7.68. The Morgan fingerprint density at radius 3 is 2.70 bits per heavy atom. The lowest BCUT2D eigenvalue weighted by Crippen LogP contribution is -2.31. The van der Waals surface area contributed by atoms with Crippen LogP contribution in [0.25, 0.3) is 0 Å². The average molecular weight is 314 g/mol. The zero-order valence-corrected chi connectivity index (χ0v) is 14.0. The molecule has 1 nitrogen and oxygen atoms in total. The molecule has 1 N–H and O–H groups in total. The summed E-state index contributed by atoms with van der Waals surface area (Å²) in [4.78, 5) is 0. The predicted octanol–water partition coefficient (Wildman–Crippen LogP) is 5.51. The van der Waals surface area contributed by atoms with Crippen molar-refractivity contribution in [2.24, 2.45) is 11.8 Å². The number of benzene rings is 1. The molecule has 20 heavy (non-hydrogen) atoms. The second-order valence-corrected chi connectivity index (χ2v) is 7.21. The third-order valence-corrected chi connectivity index (χ3v) is 4.81. The van der Waals surface area contributed by atoms with E-state index >= 15 is 0 Å². The monoisotopic (exact) mass is 313 g/mol. The molecule has 0 radical (unpaired) electrons. The Balaban J connectivity index is 2.07. The summed E-state index contributed by atoms with van der Waals surface area (Å²) < 4.78 is 0. The van der Waals surface area contributed by atoms with E-state index in [9.17, 15) is 0 Å². The molecule has 2 rings (SSSR count). The largest absolute Gasteiger partial charge is 0.316 e. The van der Waals surface area contributed by atoms with Crippen LogP contribution >= 0.6 is 23.2 Å². The first-order valence-corrected chi connectivity index (χ1v) is 8.49. The van der Waals surface area contributed by atoms with Gasteiger partial charge in [-0.1, -0.05) is 49.9 Å². The van der Waals surface area contributed by atoms with Crippen molar-refractivity contribution in [2.75, 3.05) is 13.1 Å². The van der Waals surface area contributed by atoms with E-state index in [1.54, 1.807) is 0 Å². The average Bonchev–Trinajstić information content (AvgIpc) is 2.42. The van der Waals surface area contributed by atoms with Gasteiger partial charge >= 0.3 is 0 Å². The number of hydrogen-bond donors (Lipinski definition) is 1. The van der Waals surface area contributed by atoms with Gasteiger partial charge in [0.15, 0.2) is 0 Å². The second-order valence-electron chi connectivity index (χ2n) is 6.37. The fourth-order valence-corrected chi connectivity index (χ4v) is 3.66. The molecule has 0 aliphatic heterocycles. The van der Waals surface area contributed by atoms with Gasteiger partial charge in [-0.25, -0.2) is 0 Å². The van der Waals surface area contributed by atoms with Crippen LogP contribution in [-0.4, -0.2) is 13.1 Å². The van der Waals surface area contributed by atoms with Gasteiger partial charge in [0.05, 0.1) is 0 Å². The Bertz CT molecular complexity index is 431. The van der Waals surface area contributed by atoms with Gasteiger partial charge < -0.3 is 5.32 Å². The molecule has 112 valence electrons. The first kappa shape index (κ1) is 16.1. The van der Waals surface area contributed by atoms with Crippen LogP contribution in [0.1, 0.15) is 51.0 Å². The lowest BCUT2D eigenvalue weighted by molar-refractivity contribution is 0.292. The van der Waals surface area contributed by atoms with Crippen molar-refractivity contribution in [1.82, 2.24) is 5.32 Å². The van der Waals surface area contributed by atoms with Crippen molar-refractivity contribution in [2.45, 2.75) is 45.4 Å². The van der Waals surface area contributed by atoms with Crippen molar-refractivity contribution in [3.8, 4) is 0 Å². The van der Waals surface area contributed by atoms with Crippen molar-refractivity contribution in [1.29, 1.82) is 0 Å². The van der Waals surface area contributed by atoms with Gasteiger partial charge in [0.1, 0.15) is 0 Å². The summed E-state index contributed by atoms with van der Waals surface area (Å²) in [6, 6.07) is 5.88. The van der Waals surface area contributed by atoms with Gasteiger partial charge in [0.25, 0.3) is 0 Å². The van der Waals surface area contributed by atoms with Crippen molar-refractivity contribution < 1.29 is 0 Å². The summed E-state index contributed by atoms with van der Waals surface area (Å²) in [5, 5.41) is 5.28. The van der Waals surface area contributed by atoms with Crippen LogP contribution in [-0.2, 0) is 0 Å². The van der Waals surface area contributed by atoms with E-state index in [-0.39, 0.29) is 0 Å². The van der Waals surface area contributed by atoms with Crippen LogP contribution < -0.4 is 5.32 Å². The summed E-state index contributed by atoms with van der Waals surface area (Å²) in [5.74, 6) is 1.93. The van der Waals surface area contributed by atoms with Gasteiger partial charge in [-0.05, 0) is 67.4 Å². The SMILES string of the molecule is CC(C)CNCC1CCCCC1c1cc(Cl)ccc1Cl. The molecule has 1 aliphatic rings. The molecule has 0 heterocycles. The van der Waals surface area contributed by atoms with E-state index in [1.165, 1.54) is 31.2 Å². The molecular weight excluding hydrogens is 289 g/mol. The highest BCUT2D eigenvalue weighted by atomic mass is 35.5. The summed E-state index contributed by atoms with van der Waals surface area (Å²) >= 11 is 12.6. The van der Waals surface area contributed by atoms with Crippen molar-refractivity contribution in [3.63, 3.8) is 0 Å². The third-order valence-electron chi connectivity index (χ3n) is 4.23. The Morgan fingerprint density at radius 2 is 1.95 bits per heavy atom. The first-order valence-electron chi connectivity index (χ1n) is 7.73. The first-order chi connectivity index (χ1) is 9.58. The number of nitrogens with one attached hydrogen (secondary N) is 1. The fraction of sp³-hybridized carbons (Fsp3) is 0.647. The normalized spacial score (nSPS) is 23.2. The number of halogens is 2. The molecule has 3 heteroatoms. The van der Waals surface area contributed by atoms with E-state index < -0.39 is 0 Å². The minimum absolute atomic E-state index is 0.551. The van der Waals surface area contributed by atoms with Crippen LogP contribution in [0.4, 0.5) is 0 Å². The van der Waals surface area contributed by atoms with Crippen LogP contribution in [0.2, 0.25) is 10.0 Å². The molecule has 2 atom stereocenters. The Labute approximate surface area is 133 Å². The Morgan fingerprint density at radius 1 is 1.20 bits per heavy atom. The quantitative estimate of drug-likeness (QED) is 0.755. The highest BCUT2D eigenvalue weighted by molar-refractivity contribution is 6.33. The molecule has 0 aromatic heterocycles. The summed E-state index contributed by atoms with van der Waals surface area (Å²) in [6.45, 7) is 6.68. The lowest BCUT2D eigenvalue weighted by atomic mass is 9.75. The molecule has 0 spiro atoms. The molecule has 1 fully saturated rings. The smallest absolute Gasteiger partial charge is 0.0441 e. The van der Waals surface area contributed by atoms with Crippen molar-refractivity contribution in [3.05, 3.63) is 33.8 Å². The predicted molar refractivity (Wildman–Crippen MR) is 88.9 cm³/mol.